The highest BCUT2D eigenvalue weighted by Gasteiger charge is 2.24. The summed E-state index contributed by atoms with van der Waals surface area (Å²) in [4.78, 5) is 14.3. The Morgan fingerprint density at radius 3 is 2.46 bits per heavy atom. The second-order valence-electron chi connectivity index (χ2n) is 6.17. The number of hydrogen-bond donors (Lipinski definition) is 0. The number of hydrogen-bond acceptors (Lipinski definition) is 3. The van der Waals surface area contributed by atoms with Crippen LogP contribution in [0.15, 0.2) is 54.6 Å². The summed E-state index contributed by atoms with van der Waals surface area (Å²) >= 11 is 0. The predicted molar refractivity (Wildman–Crippen MR) is 96.8 cm³/mol. The van der Waals surface area contributed by atoms with Gasteiger partial charge in [0.2, 0.25) is 0 Å². The summed E-state index contributed by atoms with van der Waals surface area (Å²) in [5.41, 5.74) is 2.65. The van der Waals surface area contributed by atoms with Gasteiger partial charge in [-0.05, 0) is 60.9 Å². The van der Waals surface area contributed by atoms with Crippen molar-refractivity contribution in [1.82, 2.24) is 4.90 Å². The molecule has 0 bridgehead atoms. The van der Waals surface area contributed by atoms with Gasteiger partial charge in [0.25, 0.3) is 5.91 Å². The van der Waals surface area contributed by atoms with E-state index < -0.39 is 6.10 Å². The smallest absolute Gasteiger partial charge is 0.263 e. The molecule has 0 radical (unpaired) electrons. The highest BCUT2D eigenvalue weighted by molar-refractivity contribution is 5.82. The normalized spacial score (nSPS) is 15.0. The molecule has 5 heteroatoms. The van der Waals surface area contributed by atoms with Crippen LogP contribution >= 0.6 is 0 Å². The van der Waals surface area contributed by atoms with Crippen molar-refractivity contribution >= 4 is 11.5 Å². The fourth-order valence-electron chi connectivity index (χ4n) is 2.92. The van der Waals surface area contributed by atoms with Crippen molar-refractivity contribution in [1.29, 1.82) is 5.26 Å². The third kappa shape index (κ3) is 4.09. The minimum Gasteiger partial charge on any atom is -0.481 e. The van der Waals surface area contributed by atoms with Crippen LogP contribution in [0.2, 0.25) is 0 Å². The van der Waals surface area contributed by atoms with E-state index in [1.54, 1.807) is 48.2 Å². The molecule has 0 saturated carbocycles. The van der Waals surface area contributed by atoms with Gasteiger partial charge in [0.1, 0.15) is 11.6 Å². The molecule has 0 N–H and O–H groups in total. The molecule has 0 saturated heterocycles. The number of rotatable bonds is 4. The Hall–Kier alpha value is -3.13. The van der Waals surface area contributed by atoms with E-state index in [0.29, 0.717) is 24.4 Å². The molecule has 0 aliphatic carbocycles. The Bertz CT molecular complexity index is 851. The quantitative estimate of drug-likeness (QED) is 0.843. The number of ether oxygens (including phenoxy) is 1. The van der Waals surface area contributed by atoms with Gasteiger partial charge in [-0.3, -0.25) is 4.79 Å². The molecule has 1 amide bonds. The maximum atomic E-state index is 13.0. The Morgan fingerprint density at radius 1 is 1.19 bits per heavy atom. The van der Waals surface area contributed by atoms with E-state index in [9.17, 15) is 9.18 Å². The molecule has 4 nitrogen and oxygen atoms in total. The number of halogens is 1. The average Bonchev–Trinajstić information content (AvgIpc) is 2.69. The first kappa shape index (κ1) is 17.7. The number of nitriles is 1. The summed E-state index contributed by atoms with van der Waals surface area (Å²) < 4.78 is 18.7. The van der Waals surface area contributed by atoms with E-state index >= 15 is 0 Å². The van der Waals surface area contributed by atoms with Crippen LogP contribution in [0.3, 0.4) is 0 Å². The van der Waals surface area contributed by atoms with E-state index in [0.717, 1.165) is 17.6 Å². The Morgan fingerprint density at radius 2 is 1.88 bits per heavy atom. The first-order valence-corrected chi connectivity index (χ1v) is 8.47. The summed E-state index contributed by atoms with van der Waals surface area (Å²) in [5.74, 6) is 0.226. The summed E-state index contributed by atoms with van der Waals surface area (Å²) in [6, 6.07) is 15.1. The van der Waals surface area contributed by atoms with Gasteiger partial charge in [0.15, 0.2) is 6.10 Å². The molecule has 26 heavy (non-hydrogen) atoms. The van der Waals surface area contributed by atoms with E-state index in [1.807, 2.05) is 12.1 Å². The minimum atomic E-state index is -0.608. The second kappa shape index (κ2) is 7.83. The standard InChI is InChI=1S/C21H19FN2O2/c1-15(26-20-8-2-16(14-23)3-9-20)21(25)24-12-10-18(11-13-24)17-4-6-19(22)7-5-17/h2-10,15H,11-13H2,1H3/t15-/m0/s1. The molecule has 0 aromatic heterocycles. The molecule has 1 aliphatic rings. The summed E-state index contributed by atoms with van der Waals surface area (Å²) in [7, 11) is 0. The van der Waals surface area contributed by atoms with Crippen LogP contribution in [0, 0.1) is 17.1 Å². The van der Waals surface area contributed by atoms with Gasteiger partial charge in [0.05, 0.1) is 11.6 Å². The summed E-state index contributed by atoms with van der Waals surface area (Å²) in [6.45, 7) is 2.83. The molecule has 0 fully saturated rings. The molecule has 1 heterocycles. The van der Waals surface area contributed by atoms with Crippen molar-refractivity contribution in [3.8, 4) is 11.8 Å². The van der Waals surface area contributed by atoms with Crippen LogP contribution < -0.4 is 4.74 Å². The molecule has 3 rings (SSSR count). The van der Waals surface area contributed by atoms with Gasteiger partial charge in [0, 0.05) is 13.1 Å². The fraction of sp³-hybridized carbons (Fsp3) is 0.238. The maximum absolute atomic E-state index is 13.0. The maximum Gasteiger partial charge on any atom is 0.263 e. The van der Waals surface area contributed by atoms with Crippen LogP contribution in [0.5, 0.6) is 5.75 Å². The lowest BCUT2D eigenvalue weighted by molar-refractivity contribution is -0.137. The van der Waals surface area contributed by atoms with Crippen LogP contribution in [0.4, 0.5) is 4.39 Å². The third-order valence-corrected chi connectivity index (χ3v) is 4.38. The molecule has 132 valence electrons. The van der Waals surface area contributed by atoms with E-state index in [4.69, 9.17) is 10.00 Å². The van der Waals surface area contributed by atoms with E-state index in [-0.39, 0.29) is 11.7 Å². The Kier molecular flexibility index (Phi) is 5.33. The van der Waals surface area contributed by atoms with Crippen molar-refractivity contribution in [2.75, 3.05) is 13.1 Å². The zero-order valence-corrected chi connectivity index (χ0v) is 14.5. The number of carbonyl (C=O) groups is 1. The number of amides is 1. The SMILES string of the molecule is C[C@H](Oc1ccc(C#N)cc1)C(=O)N1CC=C(c2ccc(F)cc2)CC1. The third-order valence-electron chi connectivity index (χ3n) is 4.38. The molecule has 1 aliphatic heterocycles. The van der Waals surface area contributed by atoms with Crippen molar-refractivity contribution < 1.29 is 13.9 Å². The minimum absolute atomic E-state index is 0.0798. The molecular formula is C21H19FN2O2. The van der Waals surface area contributed by atoms with Crippen LogP contribution in [-0.2, 0) is 4.79 Å². The largest absolute Gasteiger partial charge is 0.481 e. The number of benzene rings is 2. The van der Waals surface area contributed by atoms with Gasteiger partial charge < -0.3 is 9.64 Å². The van der Waals surface area contributed by atoms with Crippen molar-refractivity contribution in [2.24, 2.45) is 0 Å². The molecule has 0 spiro atoms. The van der Waals surface area contributed by atoms with Crippen LogP contribution in [0.1, 0.15) is 24.5 Å². The van der Waals surface area contributed by atoms with E-state index in [1.165, 1.54) is 12.1 Å². The topological polar surface area (TPSA) is 53.3 Å². The highest BCUT2D eigenvalue weighted by Crippen LogP contribution is 2.23. The zero-order chi connectivity index (χ0) is 18.5. The first-order chi connectivity index (χ1) is 12.6. The molecule has 2 aromatic rings. The number of carbonyl (C=O) groups excluding carboxylic acids is 1. The summed E-state index contributed by atoms with van der Waals surface area (Å²) in [5, 5.41) is 8.81. The molecule has 1 atom stereocenters. The lowest BCUT2D eigenvalue weighted by Crippen LogP contribution is -2.42. The van der Waals surface area contributed by atoms with Crippen molar-refractivity contribution in [3.63, 3.8) is 0 Å². The Balaban J connectivity index is 1.60. The molecule has 2 aromatic carbocycles. The van der Waals surface area contributed by atoms with Crippen molar-refractivity contribution in [3.05, 3.63) is 71.6 Å². The lowest BCUT2D eigenvalue weighted by Gasteiger charge is -2.29. The average molecular weight is 350 g/mol. The van der Waals surface area contributed by atoms with E-state index in [2.05, 4.69) is 0 Å². The monoisotopic (exact) mass is 350 g/mol. The van der Waals surface area contributed by atoms with Crippen LogP contribution in [-0.4, -0.2) is 30.0 Å². The lowest BCUT2D eigenvalue weighted by atomic mass is 9.99. The fourth-order valence-corrected chi connectivity index (χ4v) is 2.92. The van der Waals surface area contributed by atoms with Gasteiger partial charge in [-0.25, -0.2) is 4.39 Å². The van der Waals surface area contributed by atoms with Gasteiger partial charge in [-0.15, -0.1) is 0 Å². The molecular weight excluding hydrogens is 331 g/mol. The predicted octanol–water partition coefficient (Wildman–Crippen LogP) is 3.78. The second-order valence-corrected chi connectivity index (χ2v) is 6.17. The van der Waals surface area contributed by atoms with Crippen LogP contribution in [0.25, 0.3) is 5.57 Å². The van der Waals surface area contributed by atoms with Gasteiger partial charge in [-0.2, -0.15) is 5.26 Å². The van der Waals surface area contributed by atoms with Crippen molar-refractivity contribution in [2.45, 2.75) is 19.4 Å². The summed E-state index contributed by atoms with van der Waals surface area (Å²) in [6.07, 6.45) is 2.12. The van der Waals surface area contributed by atoms with Gasteiger partial charge >= 0.3 is 0 Å². The zero-order valence-electron chi connectivity index (χ0n) is 14.5. The molecule has 0 unspecified atom stereocenters. The number of nitrogens with zero attached hydrogens (tertiary/aromatic N) is 2. The van der Waals surface area contributed by atoms with Gasteiger partial charge in [-0.1, -0.05) is 18.2 Å². The highest BCUT2D eigenvalue weighted by atomic mass is 19.1. The Labute approximate surface area is 152 Å². The first-order valence-electron chi connectivity index (χ1n) is 8.47.